The largest absolute Gasteiger partial charge is 0.493 e. The predicted molar refractivity (Wildman–Crippen MR) is 544 cm³/mol. The number of nitrogens with one attached hydrogen (secondary N) is 4. The molecule has 0 aliphatic rings. The Bertz CT molecular complexity index is 8240. The summed E-state index contributed by atoms with van der Waals surface area (Å²) in [4.78, 5) is 27.7. The summed E-state index contributed by atoms with van der Waals surface area (Å²) < 4.78 is 183. The molecule has 742 valence electrons. The number of hydrogen-bond acceptors (Lipinski definition) is 38. The van der Waals surface area contributed by atoms with E-state index in [2.05, 4.69) is 103 Å². The van der Waals surface area contributed by atoms with E-state index in [1.807, 2.05) is 68.4 Å². The maximum atomic E-state index is 12.8. The van der Waals surface area contributed by atoms with Crippen molar-refractivity contribution in [3.05, 3.63) is 335 Å². The van der Waals surface area contributed by atoms with Gasteiger partial charge in [-0.25, -0.2) is 4.98 Å². The molecule has 0 saturated heterocycles. The van der Waals surface area contributed by atoms with E-state index >= 15 is 0 Å². The quantitative estimate of drug-likeness (QED) is 0.00974. The molecule has 0 spiro atoms. The summed E-state index contributed by atoms with van der Waals surface area (Å²) in [7, 11) is -22.9. The van der Waals surface area contributed by atoms with Crippen LogP contribution >= 0.6 is 0 Å². The number of azo groups is 8. The maximum absolute atomic E-state index is 12.8. The minimum atomic E-state index is -4.85. The fourth-order valence-electron chi connectivity index (χ4n) is 13.8. The molecule has 2 heterocycles. The highest BCUT2D eigenvalue weighted by Gasteiger charge is 2.24. The normalized spacial score (nSPS) is 12.3. The summed E-state index contributed by atoms with van der Waals surface area (Å²) in [5, 5.41) is 81.9. The predicted octanol–water partition coefficient (Wildman–Crippen LogP) is 25.9. The SMILES string of the molecule is CCCOc1cc(N=Nc2ccc(N=Nc3ccccc3)cc2S(=O)(=O)O)c(C)cc1Cc1nc(Cc2ccc(N=Nc3ccc(N=Nc4ccc(S(=O)(=O)O)cc4)cc3)c(C)c2)nc(NCc2cccc(CNc3nc(Nc4ccc(N=Nc5ccc(N=Nc6ccccc6)cc5S(=O)(=O)O)c(C)c4)nc(Nc4cc(C)c(N=Nc5ccc(N=Nc6ccc(S(=O)(=O)O)cc6)cc5)cc4OCCCS(=O)(=O)O)n3)c2)n1. The summed E-state index contributed by atoms with van der Waals surface area (Å²) in [5.41, 5.74) is 11.2. The number of rotatable bonds is 42. The lowest BCUT2D eigenvalue weighted by Gasteiger charge is -2.16. The van der Waals surface area contributed by atoms with Crippen LogP contribution in [0.4, 0.5) is 126 Å². The van der Waals surface area contributed by atoms with E-state index in [0.717, 1.165) is 34.4 Å². The van der Waals surface area contributed by atoms with Gasteiger partial charge in [0, 0.05) is 49.3 Å². The number of benzene rings is 13. The third-order valence-electron chi connectivity index (χ3n) is 21.0. The molecule has 0 radical (unpaired) electrons. The van der Waals surface area contributed by atoms with Gasteiger partial charge in [-0.3, -0.25) is 22.8 Å². The van der Waals surface area contributed by atoms with Crippen LogP contribution in [0.1, 0.15) is 75.9 Å². The van der Waals surface area contributed by atoms with Gasteiger partial charge in [0.15, 0.2) is 0 Å². The van der Waals surface area contributed by atoms with Crippen LogP contribution in [0.5, 0.6) is 11.5 Å². The van der Waals surface area contributed by atoms with Crippen LogP contribution in [0.15, 0.2) is 380 Å². The van der Waals surface area contributed by atoms with Crippen LogP contribution in [0, 0.1) is 27.7 Å². The van der Waals surface area contributed by atoms with Gasteiger partial charge in [-0.05, 0) is 274 Å². The Labute approximate surface area is 837 Å². The summed E-state index contributed by atoms with van der Waals surface area (Å²) in [6.45, 7) is 9.52. The molecule has 0 atom stereocenters. The van der Waals surface area contributed by atoms with Crippen molar-refractivity contribution in [3.63, 3.8) is 0 Å². The molecule has 2 aromatic heterocycles. The van der Waals surface area contributed by atoms with Crippen molar-refractivity contribution in [2.24, 2.45) is 81.8 Å². The Balaban J connectivity index is 0.708. The molecule has 13 aromatic carbocycles. The zero-order chi connectivity index (χ0) is 103. The topological polar surface area (TPSA) is 614 Å². The molecule has 15 rings (SSSR count). The fraction of sp³-hybridized carbons (Fsp3) is 0.143. The Morgan fingerprint density at radius 3 is 1.14 bits per heavy atom. The number of anilines is 6. The van der Waals surface area contributed by atoms with E-state index in [1.54, 1.807) is 160 Å². The van der Waals surface area contributed by atoms with E-state index < -0.39 is 66.1 Å². The molecule has 9 N–H and O–H groups in total. The monoisotopic (exact) mass is 2060 g/mol. The van der Waals surface area contributed by atoms with E-state index in [1.165, 1.54) is 72.8 Å². The van der Waals surface area contributed by atoms with Crippen molar-refractivity contribution in [2.75, 3.05) is 40.2 Å². The van der Waals surface area contributed by atoms with Gasteiger partial charge in [-0.1, -0.05) is 79.7 Å². The minimum Gasteiger partial charge on any atom is -0.493 e. The average Bonchev–Trinajstić information content (AvgIpc) is 0.806. The highest BCUT2D eigenvalue weighted by atomic mass is 32.2. The molecule has 15 aromatic rings. The summed E-state index contributed by atoms with van der Waals surface area (Å²) in [6, 6.07) is 74.2. The zero-order valence-corrected chi connectivity index (χ0v) is 82.0. The summed E-state index contributed by atoms with van der Waals surface area (Å²) >= 11 is 0. The molecule has 0 bridgehead atoms. The molecular weight excluding hydrogens is 1970 g/mol. The van der Waals surface area contributed by atoms with E-state index in [4.69, 9.17) is 39.4 Å². The first-order chi connectivity index (χ1) is 69.9. The van der Waals surface area contributed by atoms with Gasteiger partial charge in [0.05, 0.1) is 114 Å². The third kappa shape index (κ3) is 30.1. The molecule has 43 nitrogen and oxygen atoms in total. The van der Waals surface area contributed by atoms with E-state index in [-0.39, 0.29) is 107 Å². The van der Waals surface area contributed by atoms with Crippen molar-refractivity contribution in [1.82, 2.24) is 29.9 Å². The first kappa shape index (κ1) is 103. The Morgan fingerprint density at radius 2 is 0.671 bits per heavy atom. The van der Waals surface area contributed by atoms with Crippen LogP contribution in [0.2, 0.25) is 0 Å². The van der Waals surface area contributed by atoms with Gasteiger partial charge in [-0.2, -0.15) is 139 Å². The highest BCUT2D eigenvalue weighted by molar-refractivity contribution is 7.87. The lowest BCUT2D eigenvalue weighted by atomic mass is 10.0. The molecule has 0 fully saturated rings. The van der Waals surface area contributed by atoms with Gasteiger partial charge in [0.1, 0.15) is 44.3 Å². The second-order valence-corrected chi connectivity index (χ2v) is 39.5. The summed E-state index contributed by atoms with van der Waals surface area (Å²) in [5.74, 6) is 0.885. The van der Waals surface area contributed by atoms with E-state index in [9.17, 15) is 64.9 Å². The van der Waals surface area contributed by atoms with Crippen molar-refractivity contribution in [1.29, 1.82) is 0 Å². The van der Waals surface area contributed by atoms with Crippen molar-refractivity contribution >= 4 is 177 Å². The molecule has 0 unspecified atom stereocenters. The molecular formula is C98H88N26O17S5. The van der Waals surface area contributed by atoms with Crippen molar-refractivity contribution < 1.29 is 74.3 Å². The molecule has 0 aliphatic heterocycles. The minimum absolute atomic E-state index is 0.00177. The zero-order valence-electron chi connectivity index (χ0n) is 77.9. The Morgan fingerprint density at radius 1 is 0.295 bits per heavy atom. The number of aromatic nitrogens is 6. The smallest absolute Gasteiger partial charge is 0.296 e. The average molecular weight is 2060 g/mol. The van der Waals surface area contributed by atoms with Crippen LogP contribution in [-0.4, -0.2) is 114 Å². The van der Waals surface area contributed by atoms with Gasteiger partial charge in [-0.15, -0.1) is 10.2 Å². The molecule has 0 amide bonds. The number of ether oxygens (including phenoxy) is 2. The first-order valence-electron chi connectivity index (χ1n) is 44.3. The third-order valence-corrected chi connectivity index (χ3v) is 25.3. The molecule has 0 saturated carbocycles. The van der Waals surface area contributed by atoms with Crippen LogP contribution in [0.25, 0.3) is 0 Å². The number of hydrogen-bond donors (Lipinski definition) is 9. The van der Waals surface area contributed by atoms with Gasteiger partial charge >= 0.3 is 0 Å². The molecule has 146 heavy (non-hydrogen) atoms. The van der Waals surface area contributed by atoms with E-state index in [0.29, 0.717) is 127 Å². The number of aryl methyl sites for hydroxylation is 4. The second-order valence-electron chi connectivity index (χ2n) is 32.3. The number of nitrogens with zero attached hydrogens (tertiary/aromatic N) is 22. The highest BCUT2D eigenvalue weighted by Crippen LogP contribution is 2.41. The summed E-state index contributed by atoms with van der Waals surface area (Å²) in [6.07, 6.45) is 0.824. The first-order valence-corrected chi connectivity index (χ1v) is 51.6. The Hall–Kier alpha value is -17.0. The lowest BCUT2D eigenvalue weighted by Crippen LogP contribution is -2.12. The maximum Gasteiger partial charge on any atom is 0.296 e. The van der Waals surface area contributed by atoms with Crippen LogP contribution in [-0.2, 0) is 76.5 Å². The van der Waals surface area contributed by atoms with Crippen LogP contribution < -0.4 is 30.7 Å². The molecule has 48 heteroatoms. The van der Waals surface area contributed by atoms with Crippen molar-refractivity contribution in [2.45, 2.75) is 93.0 Å². The van der Waals surface area contributed by atoms with Gasteiger partial charge in [0.25, 0.3) is 50.6 Å². The Kier molecular flexibility index (Phi) is 33.2. The molecule has 0 aliphatic carbocycles. The fourth-order valence-corrected chi connectivity index (χ4v) is 16.5. The van der Waals surface area contributed by atoms with Crippen molar-refractivity contribution in [3.8, 4) is 11.5 Å². The van der Waals surface area contributed by atoms with Gasteiger partial charge in [0.2, 0.25) is 23.8 Å². The van der Waals surface area contributed by atoms with Crippen LogP contribution in [0.3, 0.4) is 0 Å². The lowest BCUT2D eigenvalue weighted by molar-refractivity contribution is 0.314. The van der Waals surface area contributed by atoms with Gasteiger partial charge < -0.3 is 30.7 Å². The standard InChI is InChI=1S/C98H88N26O17S5/c1-6-45-140-89-57-86(124-122-85-44-36-79(56-92(85)146(137,138)139)118-110-70-19-11-8-12-20-70)62(3)49-68(89)54-94-103-93(53-65-21-41-82(61(2)48-65)119-115-73-26-22-71(23-27-73)111-113-75-30-37-80(38-31-75)143(128,129)130)104-95(105-94)99-59-66-15-13-16-67(52-66)60-100-96-106-97(101-77-34-42-83(63(4)50-77)120-121-84-43-35-78(55-91(84)145(134,135)136)117-109-69-17-9-7-10-18-69)108-98(107-96)102-88-51-64(5)87(58-90(88)141-46-14-47-142(125,126)127)123-116-74-28-24-72(25-29-74)112-114-76-32-39-81(40-33-76)144(131,132)133/h7-13,15-44,48-52,55-58H,6,14,45-47,53-54,59-60H2,1-5H3,(H,125,126,127)(H,128,129,130)(H,131,132,133)(H,134,135,136)(H,137,138,139)(H,99,103,104,105)(H3,100,101,102,106,107,108). The second kappa shape index (κ2) is 46.8.